The highest BCUT2D eigenvalue weighted by molar-refractivity contribution is 7.09. The quantitative estimate of drug-likeness (QED) is 0.873. The van der Waals surface area contributed by atoms with E-state index in [0.717, 1.165) is 17.1 Å². The summed E-state index contributed by atoms with van der Waals surface area (Å²) in [6.45, 7) is 4.34. The van der Waals surface area contributed by atoms with E-state index >= 15 is 0 Å². The van der Waals surface area contributed by atoms with Gasteiger partial charge in [0.2, 0.25) is 5.91 Å². The first-order chi connectivity index (χ1) is 9.51. The van der Waals surface area contributed by atoms with Gasteiger partial charge in [-0.2, -0.15) is 0 Å². The van der Waals surface area contributed by atoms with Crippen molar-refractivity contribution in [2.45, 2.75) is 39.7 Å². The molecule has 0 bridgehead atoms. The number of carboxylic acids is 1. The summed E-state index contributed by atoms with van der Waals surface area (Å²) in [5, 5.41) is 14.9. The lowest BCUT2D eigenvalue weighted by molar-refractivity contribution is -0.146. The molecule has 0 saturated heterocycles. The molecule has 0 radical (unpaired) electrons. The van der Waals surface area contributed by atoms with Crippen LogP contribution in [-0.4, -0.2) is 22.0 Å². The number of nitrogens with one attached hydrogen (secondary N) is 1. The summed E-state index contributed by atoms with van der Waals surface area (Å²) in [7, 11) is 0. The molecule has 1 saturated carbocycles. The zero-order valence-corrected chi connectivity index (χ0v) is 12.6. The first kappa shape index (κ1) is 15.0. The van der Waals surface area contributed by atoms with Crippen LogP contribution in [0.2, 0.25) is 0 Å². The Bertz CT molecular complexity index is 500. The van der Waals surface area contributed by atoms with Crippen LogP contribution in [0.25, 0.3) is 0 Å². The third-order valence-electron chi connectivity index (χ3n) is 4.00. The second kappa shape index (κ2) is 6.35. The normalized spacial score (nSPS) is 25.6. The van der Waals surface area contributed by atoms with E-state index in [9.17, 15) is 14.7 Å². The van der Waals surface area contributed by atoms with Gasteiger partial charge in [0.25, 0.3) is 0 Å². The summed E-state index contributed by atoms with van der Waals surface area (Å²) >= 11 is 1.54. The van der Waals surface area contributed by atoms with Crippen LogP contribution in [-0.2, 0) is 16.1 Å². The van der Waals surface area contributed by atoms with Gasteiger partial charge in [-0.15, -0.1) is 11.3 Å². The van der Waals surface area contributed by atoms with E-state index in [0.29, 0.717) is 25.3 Å². The average Bonchev–Trinajstić information content (AvgIpc) is 3.02. The number of hydrogen-bond donors (Lipinski definition) is 2. The Morgan fingerprint density at radius 3 is 2.70 bits per heavy atom. The van der Waals surface area contributed by atoms with Gasteiger partial charge in [0, 0.05) is 5.38 Å². The minimum absolute atomic E-state index is 0.154. The van der Waals surface area contributed by atoms with Crippen molar-refractivity contribution in [2.75, 3.05) is 0 Å². The molecule has 20 heavy (non-hydrogen) atoms. The Hall–Kier alpha value is -1.43. The molecule has 1 aliphatic carbocycles. The number of aryl methyl sites for hydroxylation is 1. The second-order valence-electron chi connectivity index (χ2n) is 5.37. The molecule has 0 spiro atoms. The topological polar surface area (TPSA) is 79.3 Å². The van der Waals surface area contributed by atoms with Crippen molar-refractivity contribution in [1.29, 1.82) is 0 Å². The Kier molecular flexibility index (Phi) is 4.75. The predicted octanol–water partition coefficient (Wildman–Crippen LogP) is 2.20. The number of aliphatic carboxylic acids is 1. The third kappa shape index (κ3) is 3.36. The number of carbonyl (C=O) groups excluding carboxylic acids is 1. The molecular formula is C14H20N2O3S. The Morgan fingerprint density at radius 2 is 2.15 bits per heavy atom. The Morgan fingerprint density at radius 1 is 1.45 bits per heavy atom. The maximum absolute atomic E-state index is 12.2. The van der Waals surface area contributed by atoms with E-state index in [-0.39, 0.29) is 5.91 Å². The van der Waals surface area contributed by atoms with E-state index in [4.69, 9.17) is 0 Å². The summed E-state index contributed by atoms with van der Waals surface area (Å²) in [5.74, 6) is -1.62. The zero-order chi connectivity index (χ0) is 14.7. The summed E-state index contributed by atoms with van der Waals surface area (Å²) in [4.78, 5) is 27.7. The molecule has 0 aliphatic heterocycles. The maximum atomic E-state index is 12.2. The SMILES string of the molecule is CCC1CC(C(=O)O)C(C(=O)NCc2csc(C)n2)C1. The number of aromatic nitrogens is 1. The number of hydrogen-bond acceptors (Lipinski definition) is 4. The van der Waals surface area contributed by atoms with Crippen molar-refractivity contribution in [1.82, 2.24) is 10.3 Å². The molecule has 3 atom stereocenters. The van der Waals surface area contributed by atoms with Crippen LogP contribution in [0.4, 0.5) is 0 Å². The predicted molar refractivity (Wildman–Crippen MR) is 76.3 cm³/mol. The average molecular weight is 296 g/mol. The molecular weight excluding hydrogens is 276 g/mol. The fourth-order valence-corrected chi connectivity index (χ4v) is 3.45. The molecule has 2 rings (SSSR count). The largest absolute Gasteiger partial charge is 0.481 e. The van der Waals surface area contributed by atoms with Gasteiger partial charge in [0.15, 0.2) is 0 Å². The van der Waals surface area contributed by atoms with E-state index in [1.54, 1.807) is 11.3 Å². The zero-order valence-electron chi connectivity index (χ0n) is 11.8. The lowest BCUT2D eigenvalue weighted by Crippen LogP contribution is -2.35. The molecule has 1 aromatic rings. The number of rotatable bonds is 5. The van der Waals surface area contributed by atoms with Crippen LogP contribution in [0.3, 0.4) is 0 Å². The van der Waals surface area contributed by atoms with E-state index in [1.807, 2.05) is 19.2 Å². The molecule has 3 unspecified atom stereocenters. The third-order valence-corrected chi connectivity index (χ3v) is 4.82. The van der Waals surface area contributed by atoms with Crippen molar-refractivity contribution in [3.63, 3.8) is 0 Å². The highest BCUT2D eigenvalue weighted by Gasteiger charge is 2.41. The van der Waals surface area contributed by atoms with Gasteiger partial charge >= 0.3 is 5.97 Å². The minimum atomic E-state index is -0.856. The van der Waals surface area contributed by atoms with Crippen LogP contribution >= 0.6 is 11.3 Å². The summed E-state index contributed by atoms with van der Waals surface area (Å²) < 4.78 is 0. The van der Waals surface area contributed by atoms with Gasteiger partial charge in [-0.05, 0) is 25.7 Å². The van der Waals surface area contributed by atoms with Crippen LogP contribution in [0.1, 0.15) is 36.9 Å². The van der Waals surface area contributed by atoms with Crippen molar-refractivity contribution in [3.05, 3.63) is 16.1 Å². The van der Waals surface area contributed by atoms with E-state index in [2.05, 4.69) is 10.3 Å². The fourth-order valence-electron chi connectivity index (χ4n) is 2.84. The van der Waals surface area contributed by atoms with Gasteiger partial charge in [-0.1, -0.05) is 13.3 Å². The number of nitrogens with zero attached hydrogens (tertiary/aromatic N) is 1. The molecule has 1 fully saturated rings. The van der Waals surface area contributed by atoms with Crippen LogP contribution in [0, 0.1) is 24.7 Å². The second-order valence-corrected chi connectivity index (χ2v) is 6.43. The first-order valence-electron chi connectivity index (χ1n) is 6.92. The fraction of sp³-hybridized carbons (Fsp3) is 0.643. The molecule has 110 valence electrons. The maximum Gasteiger partial charge on any atom is 0.307 e. The van der Waals surface area contributed by atoms with Crippen LogP contribution in [0.5, 0.6) is 0 Å². The van der Waals surface area contributed by atoms with Gasteiger partial charge in [-0.25, -0.2) is 4.98 Å². The van der Waals surface area contributed by atoms with Gasteiger partial charge in [-0.3, -0.25) is 9.59 Å². The molecule has 2 N–H and O–H groups in total. The molecule has 1 heterocycles. The smallest absolute Gasteiger partial charge is 0.307 e. The van der Waals surface area contributed by atoms with Crippen LogP contribution in [0.15, 0.2) is 5.38 Å². The van der Waals surface area contributed by atoms with Gasteiger partial charge in [0.05, 0.1) is 29.1 Å². The molecule has 1 amide bonds. The molecule has 6 heteroatoms. The standard InChI is InChI=1S/C14H20N2O3S/c1-3-9-4-11(12(5-9)14(18)19)13(17)15-6-10-7-20-8(2)16-10/h7,9,11-12H,3-6H2,1-2H3,(H,15,17)(H,18,19). The monoisotopic (exact) mass is 296 g/mol. The highest BCUT2D eigenvalue weighted by atomic mass is 32.1. The van der Waals surface area contributed by atoms with Crippen molar-refractivity contribution in [3.8, 4) is 0 Å². The van der Waals surface area contributed by atoms with Crippen LogP contribution < -0.4 is 5.32 Å². The Labute approximate surface area is 122 Å². The number of carbonyl (C=O) groups is 2. The highest BCUT2D eigenvalue weighted by Crippen LogP contribution is 2.38. The van der Waals surface area contributed by atoms with Gasteiger partial charge in [0.1, 0.15) is 0 Å². The molecule has 1 aliphatic rings. The lowest BCUT2D eigenvalue weighted by atomic mass is 9.95. The number of thiazole rings is 1. The van der Waals surface area contributed by atoms with Crippen molar-refractivity contribution >= 4 is 23.2 Å². The number of amides is 1. The summed E-state index contributed by atoms with van der Waals surface area (Å²) in [6.07, 6.45) is 2.22. The summed E-state index contributed by atoms with van der Waals surface area (Å²) in [6, 6.07) is 0. The van der Waals surface area contributed by atoms with Gasteiger partial charge < -0.3 is 10.4 Å². The van der Waals surface area contributed by atoms with E-state index in [1.165, 1.54) is 0 Å². The summed E-state index contributed by atoms with van der Waals surface area (Å²) in [5.41, 5.74) is 0.831. The molecule has 1 aromatic heterocycles. The first-order valence-corrected chi connectivity index (χ1v) is 7.80. The van der Waals surface area contributed by atoms with Crippen molar-refractivity contribution in [2.24, 2.45) is 17.8 Å². The van der Waals surface area contributed by atoms with E-state index < -0.39 is 17.8 Å². The van der Waals surface area contributed by atoms with Crippen molar-refractivity contribution < 1.29 is 14.7 Å². The molecule has 5 nitrogen and oxygen atoms in total. The Balaban J connectivity index is 1.95. The number of carboxylic acid groups (broad SMARTS) is 1. The molecule has 0 aromatic carbocycles. The minimum Gasteiger partial charge on any atom is -0.481 e. The lowest BCUT2D eigenvalue weighted by Gasteiger charge is -2.14.